The highest BCUT2D eigenvalue weighted by Gasteiger charge is 2.13. The van der Waals surface area contributed by atoms with E-state index >= 15 is 0 Å². The molecular formula is C21H22ClN3O5. The molecule has 2 aromatic heterocycles. The van der Waals surface area contributed by atoms with Gasteiger partial charge in [-0.2, -0.15) is 0 Å². The Morgan fingerprint density at radius 2 is 1.83 bits per heavy atom. The summed E-state index contributed by atoms with van der Waals surface area (Å²) in [5.74, 6) is 0.0401. The molecule has 0 saturated carbocycles. The largest absolute Gasteiger partial charge is 0.490 e. The predicted molar refractivity (Wildman–Crippen MR) is 111 cm³/mol. The highest BCUT2D eigenvalue weighted by atomic mass is 35.5. The van der Waals surface area contributed by atoms with Gasteiger partial charge in [0.15, 0.2) is 11.5 Å². The third-order valence-electron chi connectivity index (χ3n) is 4.04. The number of ether oxygens (including phenoxy) is 3. The zero-order valence-corrected chi connectivity index (χ0v) is 17.4. The van der Waals surface area contributed by atoms with Gasteiger partial charge >= 0.3 is 5.97 Å². The molecule has 0 aliphatic carbocycles. The van der Waals surface area contributed by atoms with Crippen LogP contribution in [-0.4, -0.2) is 41.0 Å². The van der Waals surface area contributed by atoms with Crippen LogP contribution in [0.3, 0.4) is 0 Å². The van der Waals surface area contributed by atoms with Gasteiger partial charge in [0, 0.05) is 18.0 Å². The van der Waals surface area contributed by atoms with Gasteiger partial charge in [-0.25, -0.2) is 4.98 Å². The first kappa shape index (κ1) is 21.4. The molecule has 30 heavy (non-hydrogen) atoms. The molecule has 0 unspecified atom stereocenters. The number of nitrogens with one attached hydrogen (secondary N) is 1. The van der Waals surface area contributed by atoms with Crippen LogP contribution in [-0.2, 0) is 16.1 Å². The number of fused-ring (bicyclic) bond motifs is 1. The number of halogens is 1. The Labute approximate surface area is 178 Å². The zero-order chi connectivity index (χ0) is 21.5. The summed E-state index contributed by atoms with van der Waals surface area (Å²) in [5, 5.41) is 3.11. The minimum absolute atomic E-state index is 0.00839. The maximum absolute atomic E-state index is 12.4. The predicted octanol–water partition coefficient (Wildman–Crippen LogP) is 3.26. The van der Waals surface area contributed by atoms with Crippen LogP contribution in [0.2, 0.25) is 5.02 Å². The molecule has 0 saturated heterocycles. The number of aromatic nitrogens is 2. The summed E-state index contributed by atoms with van der Waals surface area (Å²) in [6.45, 7) is 4.35. The van der Waals surface area contributed by atoms with E-state index < -0.39 is 11.9 Å². The van der Waals surface area contributed by atoms with Crippen molar-refractivity contribution < 1.29 is 23.8 Å². The van der Waals surface area contributed by atoms with Gasteiger partial charge in [-0.1, -0.05) is 11.6 Å². The summed E-state index contributed by atoms with van der Waals surface area (Å²) >= 11 is 5.94. The standard InChI is InChI=1S/C21H22ClN3O5/c1-3-28-17-7-5-14(9-18(17)29-4-2)21(27)23-10-20(26)30-13-16-12-25-11-15(22)6-8-19(25)24-16/h5-9,11-12H,3-4,10,13H2,1-2H3,(H,23,27). The molecule has 158 valence electrons. The lowest BCUT2D eigenvalue weighted by atomic mass is 10.2. The van der Waals surface area contributed by atoms with E-state index in [4.69, 9.17) is 25.8 Å². The molecule has 3 aromatic rings. The molecule has 1 aromatic carbocycles. The van der Waals surface area contributed by atoms with Crippen LogP contribution in [0.25, 0.3) is 5.65 Å². The number of carbonyl (C=O) groups excluding carboxylic acids is 2. The second kappa shape index (κ2) is 9.98. The van der Waals surface area contributed by atoms with Gasteiger partial charge in [-0.3, -0.25) is 9.59 Å². The van der Waals surface area contributed by atoms with Crippen molar-refractivity contribution in [3.63, 3.8) is 0 Å². The van der Waals surface area contributed by atoms with Crippen molar-refractivity contribution in [3.05, 3.63) is 59.0 Å². The first-order valence-electron chi connectivity index (χ1n) is 9.46. The van der Waals surface area contributed by atoms with Gasteiger partial charge in [-0.05, 0) is 44.2 Å². The summed E-state index contributed by atoms with van der Waals surface area (Å²) in [6.07, 6.45) is 3.44. The van der Waals surface area contributed by atoms with E-state index in [1.54, 1.807) is 47.1 Å². The lowest BCUT2D eigenvalue weighted by Gasteiger charge is -2.12. The fourth-order valence-electron chi connectivity index (χ4n) is 2.74. The highest BCUT2D eigenvalue weighted by Crippen LogP contribution is 2.28. The normalized spacial score (nSPS) is 10.6. The summed E-state index contributed by atoms with van der Waals surface area (Å²) in [6, 6.07) is 8.35. The maximum Gasteiger partial charge on any atom is 0.325 e. The maximum atomic E-state index is 12.4. The van der Waals surface area contributed by atoms with Crippen molar-refractivity contribution in [1.82, 2.24) is 14.7 Å². The fraction of sp³-hybridized carbons (Fsp3) is 0.286. The lowest BCUT2D eigenvalue weighted by Crippen LogP contribution is -2.30. The average molecular weight is 432 g/mol. The van der Waals surface area contributed by atoms with Crippen molar-refractivity contribution in [2.24, 2.45) is 0 Å². The number of amides is 1. The monoisotopic (exact) mass is 431 g/mol. The number of rotatable bonds is 9. The Balaban J connectivity index is 1.53. The summed E-state index contributed by atoms with van der Waals surface area (Å²) in [7, 11) is 0. The molecule has 0 aliphatic heterocycles. The molecule has 0 bridgehead atoms. The van der Waals surface area contributed by atoms with Crippen LogP contribution < -0.4 is 14.8 Å². The zero-order valence-electron chi connectivity index (χ0n) is 16.7. The van der Waals surface area contributed by atoms with Gasteiger partial charge in [0.2, 0.25) is 0 Å². The van der Waals surface area contributed by atoms with E-state index in [1.165, 1.54) is 0 Å². The molecule has 1 amide bonds. The SMILES string of the molecule is CCOc1ccc(C(=O)NCC(=O)OCc2cn3cc(Cl)ccc3n2)cc1OCC. The van der Waals surface area contributed by atoms with Crippen molar-refractivity contribution in [3.8, 4) is 11.5 Å². The van der Waals surface area contributed by atoms with Crippen molar-refractivity contribution in [2.45, 2.75) is 20.5 Å². The molecular weight excluding hydrogens is 410 g/mol. The van der Waals surface area contributed by atoms with E-state index in [0.717, 1.165) is 0 Å². The van der Waals surface area contributed by atoms with Crippen molar-refractivity contribution >= 4 is 29.1 Å². The first-order valence-corrected chi connectivity index (χ1v) is 9.84. The highest BCUT2D eigenvalue weighted by molar-refractivity contribution is 6.30. The fourth-order valence-corrected chi connectivity index (χ4v) is 2.91. The molecule has 8 nitrogen and oxygen atoms in total. The topological polar surface area (TPSA) is 91.2 Å². The minimum atomic E-state index is -0.575. The van der Waals surface area contributed by atoms with Gasteiger partial charge < -0.3 is 23.9 Å². The van der Waals surface area contributed by atoms with E-state index in [1.807, 2.05) is 13.8 Å². The quantitative estimate of drug-likeness (QED) is 0.523. The molecule has 1 N–H and O–H groups in total. The van der Waals surface area contributed by atoms with Crippen molar-refractivity contribution in [2.75, 3.05) is 19.8 Å². The third-order valence-corrected chi connectivity index (χ3v) is 4.27. The Hall–Kier alpha value is -3.26. The number of nitrogens with zero attached hydrogens (tertiary/aromatic N) is 2. The molecule has 0 spiro atoms. The van der Waals surface area contributed by atoms with Gasteiger partial charge in [0.1, 0.15) is 18.8 Å². The Morgan fingerprint density at radius 1 is 1.07 bits per heavy atom. The van der Waals surface area contributed by atoms with Crippen LogP contribution in [0.4, 0.5) is 0 Å². The van der Waals surface area contributed by atoms with E-state index in [2.05, 4.69) is 10.3 Å². The van der Waals surface area contributed by atoms with E-state index in [0.29, 0.717) is 46.6 Å². The van der Waals surface area contributed by atoms with E-state index in [9.17, 15) is 9.59 Å². The number of hydrogen-bond acceptors (Lipinski definition) is 6. The minimum Gasteiger partial charge on any atom is -0.490 e. The average Bonchev–Trinajstić information content (AvgIpc) is 3.14. The number of carbonyl (C=O) groups is 2. The van der Waals surface area contributed by atoms with Crippen molar-refractivity contribution in [1.29, 1.82) is 0 Å². The van der Waals surface area contributed by atoms with Crippen LogP contribution in [0.5, 0.6) is 11.5 Å². The molecule has 0 radical (unpaired) electrons. The Kier molecular flexibility index (Phi) is 7.13. The van der Waals surface area contributed by atoms with Crippen LogP contribution in [0, 0.1) is 0 Å². The Morgan fingerprint density at radius 3 is 2.60 bits per heavy atom. The third kappa shape index (κ3) is 5.42. The van der Waals surface area contributed by atoms with Gasteiger partial charge in [0.05, 0.1) is 23.9 Å². The smallest absolute Gasteiger partial charge is 0.325 e. The Bertz CT molecular complexity index is 1050. The van der Waals surface area contributed by atoms with Crippen LogP contribution in [0.1, 0.15) is 29.9 Å². The van der Waals surface area contributed by atoms with Gasteiger partial charge in [-0.15, -0.1) is 0 Å². The van der Waals surface area contributed by atoms with Crippen LogP contribution in [0.15, 0.2) is 42.7 Å². The summed E-state index contributed by atoms with van der Waals surface area (Å²) in [5.41, 5.74) is 1.62. The van der Waals surface area contributed by atoms with E-state index in [-0.39, 0.29) is 13.2 Å². The molecule has 0 fully saturated rings. The second-order valence-corrected chi connectivity index (χ2v) is 6.65. The lowest BCUT2D eigenvalue weighted by molar-refractivity contribution is -0.143. The molecule has 3 rings (SSSR count). The summed E-state index contributed by atoms with van der Waals surface area (Å²) in [4.78, 5) is 28.7. The second-order valence-electron chi connectivity index (χ2n) is 6.22. The number of hydrogen-bond donors (Lipinski definition) is 1. The number of pyridine rings is 1. The molecule has 0 atom stereocenters. The molecule has 0 aliphatic rings. The molecule has 2 heterocycles. The number of benzene rings is 1. The first-order chi connectivity index (χ1) is 14.5. The summed E-state index contributed by atoms with van der Waals surface area (Å²) < 4.78 is 17.9. The molecule has 9 heteroatoms. The number of imidazole rings is 1. The number of esters is 1. The van der Waals surface area contributed by atoms with Crippen LogP contribution >= 0.6 is 11.6 Å². The van der Waals surface area contributed by atoms with Gasteiger partial charge in [0.25, 0.3) is 5.91 Å².